The molecule has 1 atom stereocenters. The molecule has 1 heterocycles. The fraction of sp³-hybridized carbons (Fsp3) is 0.444. The zero-order chi connectivity index (χ0) is 21.3. The van der Waals surface area contributed by atoms with Crippen molar-refractivity contribution in [2.75, 3.05) is 33.7 Å². The van der Waals surface area contributed by atoms with Gasteiger partial charge in [-0.2, -0.15) is 0 Å². The number of carbonyl (C=O) groups is 1. The Kier molecular flexibility index (Phi) is 8.41. The molecule has 0 fully saturated rings. The van der Waals surface area contributed by atoms with Crippen molar-refractivity contribution in [2.45, 2.75) is 45.1 Å². The Bertz CT molecular complexity index is 826. The van der Waals surface area contributed by atoms with Crippen LogP contribution in [0.4, 0.5) is 0 Å². The highest BCUT2D eigenvalue weighted by atomic mass is 16.1. The molecule has 2 aromatic rings. The summed E-state index contributed by atoms with van der Waals surface area (Å²) in [6, 6.07) is 21.2. The third-order valence-corrected chi connectivity index (χ3v) is 6.15. The van der Waals surface area contributed by atoms with Gasteiger partial charge in [-0.1, -0.05) is 66.2 Å². The van der Waals surface area contributed by atoms with Gasteiger partial charge in [-0.3, -0.25) is 9.69 Å². The van der Waals surface area contributed by atoms with Crippen molar-refractivity contribution in [1.29, 1.82) is 0 Å². The van der Waals surface area contributed by atoms with E-state index in [4.69, 9.17) is 0 Å². The molecule has 1 aliphatic rings. The fourth-order valence-electron chi connectivity index (χ4n) is 4.33. The molecule has 1 aliphatic heterocycles. The van der Waals surface area contributed by atoms with Crippen molar-refractivity contribution < 1.29 is 4.79 Å². The minimum absolute atomic E-state index is 0.295. The van der Waals surface area contributed by atoms with Gasteiger partial charge < -0.3 is 4.90 Å². The number of nitrogens with zero attached hydrogens (tertiary/aromatic N) is 2. The minimum atomic E-state index is 0.295. The summed E-state index contributed by atoms with van der Waals surface area (Å²) in [4.78, 5) is 18.0. The smallest absolute Gasteiger partial charge is 0.160 e. The van der Waals surface area contributed by atoms with Gasteiger partial charge >= 0.3 is 0 Å². The Labute approximate surface area is 182 Å². The predicted molar refractivity (Wildman–Crippen MR) is 126 cm³/mol. The monoisotopic (exact) mass is 404 g/mol. The molecule has 0 radical (unpaired) electrons. The second-order valence-electron chi connectivity index (χ2n) is 8.89. The van der Waals surface area contributed by atoms with E-state index in [9.17, 15) is 4.79 Å². The molecule has 1 unspecified atom stereocenters. The first-order valence-corrected chi connectivity index (χ1v) is 11.2. The van der Waals surface area contributed by atoms with E-state index in [1.54, 1.807) is 0 Å². The van der Waals surface area contributed by atoms with Crippen molar-refractivity contribution in [1.82, 2.24) is 9.80 Å². The number of Topliss-reactive ketones (excluding diaryl/α,β-unsaturated/α-hetero) is 1. The number of benzene rings is 2. The van der Waals surface area contributed by atoms with Crippen molar-refractivity contribution in [3.8, 4) is 0 Å². The van der Waals surface area contributed by atoms with Crippen molar-refractivity contribution >= 4 is 5.78 Å². The summed E-state index contributed by atoms with van der Waals surface area (Å²) in [6.45, 7) is 5.93. The molecule has 0 saturated heterocycles. The minimum Gasteiger partial charge on any atom is -0.309 e. The van der Waals surface area contributed by atoms with E-state index in [1.807, 2.05) is 0 Å². The summed E-state index contributed by atoms with van der Waals surface area (Å²) in [6.07, 6.45) is 3.76. The molecule has 2 aromatic carbocycles. The highest BCUT2D eigenvalue weighted by Crippen LogP contribution is 2.29. The number of carbonyl (C=O) groups excluding carboxylic acids is 1. The largest absolute Gasteiger partial charge is 0.309 e. The summed E-state index contributed by atoms with van der Waals surface area (Å²) >= 11 is 0. The molecular weight excluding hydrogens is 368 g/mol. The fourth-order valence-corrected chi connectivity index (χ4v) is 4.33. The van der Waals surface area contributed by atoms with E-state index in [-0.39, 0.29) is 0 Å². The van der Waals surface area contributed by atoms with Gasteiger partial charge in [-0.25, -0.2) is 0 Å². The van der Waals surface area contributed by atoms with Crippen LogP contribution in [0, 0.1) is 0 Å². The Morgan fingerprint density at radius 2 is 1.70 bits per heavy atom. The first-order valence-electron chi connectivity index (χ1n) is 11.2. The summed E-state index contributed by atoms with van der Waals surface area (Å²) in [5.74, 6) is 0.632. The molecule has 0 spiro atoms. The van der Waals surface area contributed by atoms with E-state index in [2.05, 4.69) is 91.5 Å². The summed E-state index contributed by atoms with van der Waals surface area (Å²) in [7, 11) is 4.22. The van der Waals surface area contributed by atoms with Crippen LogP contribution >= 0.6 is 0 Å². The van der Waals surface area contributed by atoms with Crippen LogP contribution in [-0.2, 0) is 11.3 Å². The van der Waals surface area contributed by atoms with Crippen LogP contribution in [-0.4, -0.2) is 49.3 Å². The molecule has 0 aromatic heterocycles. The lowest BCUT2D eigenvalue weighted by atomic mass is 9.86. The average molecular weight is 405 g/mol. The van der Waals surface area contributed by atoms with E-state index >= 15 is 0 Å². The van der Waals surface area contributed by atoms with Gasteiger partial charge in [0.1, 0.15) is 0 Å². The number of ketones is 1. The van der Waals surface area contributed by atoms with E-state index in [0.717, 1.165) is 51.0 Å². The summed E-state index contributed by atoms with van der Waals surface area (Å²) in [5, 5.41) is 0. The zero-order valence-electron chi connectivity index (χ0n) is 18.8. The van der Waals surface area contributed by atoms with E-state index in [1.165, 1.54) is 16.7 Å². The molecule has 0 bridgehead atoms. The maximum atomic E-state index is 13.4. The normalized spacial score (nSPS) is 16.1. The molecule has 3 rings (SSSR count). The number of hydrogen-bond acceptors (Lipinski definition) is 3. The highest BCUT2D eigenvalue weighted by molar-refractivity contribution is 5.97. The third kappa shape index (κ3) is 6.65. The maximum absolute atomic E-state index is 13.4. The lowest BCUT2D eigenvalue weighted by Crippen LogP contribution is -2.33. The predicted octanol–water partition coefficient (Wildman–Crippen LogP) is 5.29. The van der Waals surface area contributed by atoms with Crippen LogP contribution in [0.1, 0.15) is 49.7 Å². The van der Waals surface area contributed by atoms with Crippen LogP contribution in [0.15, 0.2) is 71.8 Å². The number of hydrogen-bond donors (Lipinski definition) is 0. The van der Waals surface area contributed by atoms with Gasteiger partial charge in [-0.15, -0.1) is 0 Å². The standard InChI is InChI=1S/C27H36N2O/c1-22-16-18-29(20-23-11-6-4-7-12-23)21-26(22)27(30)19-25(15-10-17-28(2)3)24-13-8-5-9-14-24/h4-9,11-14,25H,10,15-21H2,1-3H3. The Morgan fingerprint density at radius 3 is 2.37 bits per heavy atom. The molecular formula is C27H36N2O. The molecule has 0 amide bonds. The van der Waals surface area contributed by atoms with Crippen LogP contribution in [0.2, 0.25) is 0 Å². The lowest BCUT2D eigenvalue weighted by molar-refractivity contribution is -0.116. The summed E-state index contributed by atoms with van der Waals surface area (Å²) in [5.41, 5.74) is 4.93. The molecule has 3 nitrogen and oxygen atoms in total. The van der Waals surface area contributed by atoms with Crippen LogP contribution in [0.25, 0.3) is 0 Å². The molecule has 30 heavy (non-hydrogen) atoms. The number of rotatable bonds is 10. The lowest BCUT2D eigenvalue weighted by Gasteiger charge is -2.30. The van der Waals surface area contributed by atoms with Crippen LogP contribution in [0.3, 0.4) is 0 Å². The maximum Gasteiger partial charge on any atom is 0.160 e. The first-order chi connectivity index (χ1) is 14.5. The van der Waals surface area contributed by atoms with Gasteiger partial charge in [0, 0.05) is 31.6 Å². The Balaban J connectivity index is 1.67. The zero-order valence-corrected chi connectivity index (χ0v) is 18.8. The first kappa shape index (κ1) is 22.5. The Morgan fingerprint density at radius 1 is 1.03 bits per heavy atom. The van der Waals surface area contributed by atoms with Gasteiger partial charge in [0.2, 0.25) is 0 Å². The molecule has 0 aliphatic carbocycles. The second kappa shape index (κ2) is 11.2. The average Bonchev–Trinajstić information content (AvgIpc) is 2.75. The molecule has 3 heteroatoms. The third-order valence-electron chi connectivity index (χ3n) is 6.15. The van der Waals surface area contributed by atoms with Crippen LogP contribution < -0.4 is 0 Å². The van der Waals surface area contributed by atoms with Crippen molar-refractivity contribution in [3.63, 3.8) is 0 Å². The van der Waals surface area contributed by atoms with Crippen LogP contribution in [0.5, 0.6) is 0 Å². The van der Waals surface area contributed by atoms with Crippen molar-refractivity contribution in [3.05, 3.63) is 82.9 Å². The topological polar surface area (TPSA) is 23.6 Å². The molecule has 160 valence electrons. The second-order valence-corrected chi connectivity index (χ2v) is 8.89. The van der Waals surface area contributed by atoms with Crippen molar-refractivity contribution in [2.24, 2.45) is 0 Å². The Hall–Kier alpha value is -2.23. The molecule has 0 N–H and O–H groups in total. The van der Waals surface area contributed by atoms with E-state index in [0.29, 0.717) is 18.1 Å². The van der Waals surface area contributed by atoms with Gasteiger partial charge in [-0.05, 0) is 63.9 Å². The van der Waals surface area contributed by atoms with E-state index < -0.39 is 0 Å². The summed E-state index contributed by atoms with van der Waals surface area (Å²) < 4.78 is 0. The molecule has 0 saturated carbocycles. The van der Waals surface area contributed by atoms with Gasteiger partial charge in [0.05, 0.1) is 0 Å². The highest BCUT2D eigenvalue weighted by Gasteiger charge is 2.24. The quantitative estimate of drug-likeness (QED) is 0.537. The van der Waals surface area contributed by atoms with Gasteiger partial charge in [0.15, 0.2) is 5.78 Å². The SMILES string of the molecule is CC1=C(C(=O)CC(CCCN(C)C)c2ccccc2)CN(Cc2ccccc2)CC1. The van der Waals surface area contributed by atoms with Gasteiger partial charge in [0.25, 0.3) is 0 Å².